The molecule has 0 aromatic heterocycles. The fourth-order valence-electron chi connectivity index (χ4n) is 6.58. The minimum absolute atomic E-state index is 0.0501. The van der Waals surface area contributed by atoms with E-state index in [9.17, 15) is 15.0 Å². The first-order chi connectivity index (χ1) is 11.2. The molecule has 24 heavy (non-hydrogen) atoms. The molecule has 0 aromatic rings. The zero-order valence-corrected chi connectivity index (χ0v) is 15.2. The molecule has 4 nitrogen and oxygen atoms in total. The Hall–Kier alpha value is -0.870. The number of allylic oxidation sites excluding steroid dienone is 1. The van der Waals surface area contributed by atoms with Crippen LogP contribution in [0.1, 0.15) is 59.8 Å². The maximum Gasteiger partial charge on any atom is 0.309 e. The van der Waals surface area contributed by atoms with Crippen LogP contribution < -0.4 is 0 Å². The van der Waals surface area contributed by atoms with E-state index in [1.807, 2.05) is 6.92 Å². The monoisotopic (exact) mass is 334 g/mol. The zero-order chi connectivity index (χ0) is 17.5. The Labute approximate surface area is 144 Å². The molecular weight excluding hydrogens is 304 g/mol. The van der Waals surface area contributed by atoms with Crippen molar-refractivity contribution < 1.29 is 19.7 Å². The molecule has 2 saturated carbocycles. The first-order valence-corrected chi connectivity index (χ1v) is 9.47. The van der Waals surface area contributed by atoms with Gasteiger partial charge in [0.25, 0.3) is 0 Å². The number of carboxylic acid groups (broad SMARTS) is 1. The Kier molecular flexibility index (Phi) is 3.35. The standard InChI is InChI=1S/C20H30O4/c1-11(2)20-15(24-20)10-13-12(16(20)21)6-7-14-18(13,3)8-5-9-19(14,4)17(22)23/h6,11,13-16,21H,5,7-10H2,1-4H3,(H,22,23)/t13-,14+,15-,16+,18+,19+,20-/m0/s1. The number of aliphatic hydroxyl groups is 1. The van der Waals surface area contributed by atoms with E-state index in [2.05, 4.69) is 26.8 Å². The van der Waals surface area contributed by atoms with E-state index in [1.165, 1.54) is 0 Å². The smallest absolute Gasteiger partial charge is 0.309 e. The van der Waals surface area contributed by atoms with Gasteiger partial charge in [-0.15, -0.1) is 0 Å². The number of hydrogen-bond acceptors (Lipinski definition) is 3. The molecule has 4 aliphatic rings. The van der Waals surface area contributed by atoms with Gasteiger partial charge in [-0.2, -0.15) is 0 Å². The summed E-state index contributed by atoms with van der Waals surface area (Å²) in [6.45, 7) is 8.45. The van der Waals surface area contributed by atoms with Crippen LogP contribution in [0.5, 0.6) is 0 Å². The predicted molar refractivity (Wildman–Crippen MR) is 90.4 cm³/mol. The Bertz CT molecular complexity index is 611. The molecule has 4 rings (SSSR count). The zero-order valence-electron chi connectivity index (χ0n) is 15.2. The highest BCUT2D eigenvalue weighted by Crippen LogP contribution is 2.66. The molecule has 0 aromatic carbocycles. The summed E-state index contributed by atoms with van der Waals surface area (Å²) in [6, 6.07) is 0. The van der Waals surface area contributed by atoms with Gasteiger partial charge in [-0.25, -0.2) is 0 Å². The second-order valence-corrected chi connectivity index (χ2v) is 9.38. The molecule has 0 radical (unpaired) electrons. The molecular formula is C20H30O4. The van der Waals surface area contributed by atoms with E-state index in [4.69, 9.17) is 4.74 Å². The topological polar surface area (TPSA) is 70.1 Å². The fraction of sp³-hybridized carbons (Fsp3) is 0.850. The highest BCUT2D eigenvalue weighted by Gasteiger charge is 2.70. The van der Waals surface area contributed by atoms with E-state index in [1.54, 1.807) is 0 Å². The Morgan fingerprint density at radius 2 is 2.04 bits per heavy atom. The number of hydrogen-bond donors (Lipinski definition) is 2. The number of aliphatic hydroxyl groups excluding tert-OH is 1. The summed E-state index contributed by atoms with van der Waals surface area (Å²) < 4.78 is 6.05. The third kappa shape index (κ3) is 1.79. The molecule has 0 unspecified atom stereocenters. The van der Waals surface area contributed by atoms with Crippen molar-refractivity contribution in [1.82, 2.24) is 0 Å². The SMILES string of the molecule is CC(C)[C@]12O[C@H]1C[C@H]1C(=CC[C@@H]3[C@]1(C)CCC[C@@]3(C)C(=O)O)[C@H]2O. The van der Waals surface area contributed by atoms with Gasteiger partial charge in [-0.1, -0.05) is 33.3 Å². The first kappa shape index (κ1) is 16.6. The quantitative estimate of drug-likeness (QED) is 0.600. The summed E-state index contributed by atoms with van der Waals surface area (Å²) in [5.41, 5.74) is 0.0320. The minimum Gasteiger partial charge on any atom is -0.481 e. The molecule has 1 aliphatic heterocycles. The van der Waals surface area contributed by atoms with Crippen molar-refractivity contribution in [1.29, 1.82) is 0 Å². The summed E-state index contributed by atoms with van der Waals surface area (Å²) in [6.07, 6.45) is 6.23. The predicted octanol–water partition coefficient (Wildman–Crippen LogP) is 3.39. The van der Waals surface area contributed by atoms with Crippen LogP contribution in [0, 0.1) is 28.6 Å². The van der Waals surface area contributed by atoms with Crippen LogP contribution in [-0.4, -0.2) is 34.0 Å². The highest BCUT2D eigenvalue weighted by atomic mass is 16.6. The normalized spacial score (nSPS) is 52.8. The number of ether oxygens (including phenoxy) is 1. The van der Waals surface area contributed by atoms with Gasteiger partial charge >= 0.3 is 5.97 Å². The molecule has 0 spiro atoms. The van der Waals surface area contributed by atoms with Crippen LogP contribution in [0.15, 0.2) is 11.6 Å². The van der Waals surface area contributed by atoms with Gasteiger partial charge in [0, 0.05) is 0 Å². The Morgan fingerprint density at radius 3 is 2.67 bits per heavy atom. The highest BCUT2D eigenvalue weighted by molar-refractivity contribution is 5.75. The second kappa shape index (κ2) is 4.85. The van der Waals surface area contributed by atoms with Gasteiger partial charge in [0.2, 0.25) is 0 Å². The van der Waals surface area contributed by atoms with E-state index >= 15 is 0 Å². The molecule has 4 heteroatoms. The molecule has 0 amide bonds. The lowest BCUT2D eigenvalue weighted by Crippen LogP contribution is -2.57. The number of epoxide rings is 1. The lowest BCUT2D eigenvalue weighted by molar-refractivity contribution is -0.163. The Balaban J connectivity index is 1.74. The van der Waals surface area contributed by atoms with Crippen molar-refractivity contribution in [2.24, 2.45) is 28.6 Å². The van der Waals surface area contributed by atoms with E-state index in [-0.39, 0.29) is 23.4 Å². The number of carbonyl (C=O) groups is 1. The molecule has 1 heterocycles. The van der Waals surface area contributed by atoms with Gasteiger partial charge in [0.1, 0.15) is 11.7 Å². The maximum atomic E-state index is 12.0. The van der Waals surface area contributed by atoms with Crippen LogP contribution in [-0.2, 0) is 9.53 Å². The van der Waals surface area contributed by atoms with Crippen LogP contribution in [0.4, 0.5) is 0 Å². The second-order valence-electron chi connectivity index (χ2n) is 9.38. The number of aliphatic carboxylic acids is 1. The minimum atomic E-state index is -0.661. The van der Waals surface area contributed by atoms with Crippen LogP contribution in [0.2, 0.25) is 0 Å². The third-order valence-corrected chi connectivity index (χ3v) is 8.14. The average molecular weight is 334 g/mol. The third-order valence-electron chi connectivity index (χ3n) is 8.14. The summed E-state index contributed by atoms with van der Waals surface area (Å²) in [7, 11) is 0. The van der Waals surface area contributed by atoms with Gasteiger partial charge in [-0.3, -0.25) is 4.79 Å². The van der Waals surface area contributed by atoms with Crippen molar-refractivity contribution in [3.8, 4) is 0 Å². The van der Waals surface area contributed by atoms with E-state index in [0.717, 1.165) is 37.7 Å². The lowest BCUT2D eigenvalue weighted by Gasteiger charge is -2.58. The summed E-state index contributed by atoms with van der Waals surface area (Å²) in [5, 5.41) is 20.9. The molecule has 7 atom stereocenters. The van der Waals surface area contributed by atoms with Gasteiger partial charge < -0.3 is 14.9 Å². The van der Waals surface area contributed by atoms with Crippen molar-refractivity contribution in [3.05, 3.63) is 11.6 Å². The molecule has 3 aliphatic carbocycles. The molecule has 1 saturated heterocycles. The summed E-state index contributed by atoms with van der Waals surface area (Å²) in [5.74, 6) is 0.0263. The van der Waals surface area contributed by atoms with E-state index < -0.39 is 23.1 Å². The fourth-order valence-corrected chi connectivity index (χ4v) is 6.58. The maximum absolute atomic E-state index is 12.0. The van der Waals surface area contributed by atoms with Crippen molar-refractivity contribution in [3.63, 3.8) is 0 Å². The van der Waals surface area contributed by atoms with Gasteiger partial charge in [-0.05, 0) is 61.3 Å². The van der Waals surface area contributed by atoms with Crippen molar-refractivity contribution in [2.75, 3.05) is 0 Å². The van der Waals surface area contributed by atoms with Crippen molar-refractivity contribution in [2.45, 2.75) is 77.6 Å². The Morgan fingerprint density at radius 1 is 1.33 bits per heavy atom. The number of fused-ring (bicyclic) bond motifs is 4. The van der Waals surface area contributed by atoms with Gasteiger partial charge in [0.15, 0.2) is 0 Å². The lowest BCUT2D eigenvalue weighted by atomic mass is 9.46. The number of carboxylic acids is 1. The van der Waals surface area contributed by atoms with Crippen LogP contribution >= 0.6 is 0 Å². The largest absolute Gasteiger partial charge is 0.481 e. The number of rotatable bonds is 2. The summed E-state index contributed by atoms with van der Waals surface area (Å²) in [4.78, 5) is 12.0. The van der Waals surface area contributed by atoms with Crippen LogP contribution in [0.25, 0.3) is 0 Å². The van der Waals surface area contributed by atoms with Crippen molar-refractivity contribution >= 4 is 5.97 Å². The van der Waals surface area contributed by atoms with E-state index in [0.29, 0.717) is 5.92 Å². The van der Waals surface area contributed by atoms with Gasteiger partial charge in [0.05, 0.1) is 11.5 Å². The molecule has 2 N–H and O–H groups in total. The summed E-state index contributed by atoms with van der Waals surface area (Å²) >= 11 is 0. The molecule has 134 valence electrons. The van der Waals surface area contributed by atoms with Crippen LogP contribution in [0.3, 0.4) is 0 Å². The molecule has 3 fully saturated rings. The first-order valence-electron chi connectivity index (χ1n) is 9.47. The average Bonchev–Trinajstić information content (AvgIpc) is 3.24. The molecule has 0 bridgehead atoms.